The van der Waals surface area contributed by atoms with Gasteiger partial charge in [-0.3, -0.25) is 9.48 Å². The molecule has 0 aliphatic carbocycles. The molecule has 2 unspecified atom stereocenters. The highest BCUT2D eigenvalue weighted by molar-refractivity contribution is 9.09. The Hall–Kier alpha value is -3.22. The van der Waals surface area contributed by atoms with Crippen LogP contribution in [0.1, 0.15) is 32.7 Å². The van der Waals surface area contributed by atoms with Crippen molar-refractivity contribution in [3.63, 3.8) is 0 Å². The smallest absolute Gasteiger partial charge is 0.250 e. The van der Waals surface area contributed by atoms with Crippen LogP contribution in [0.15, 0.2) is 49.1 Å². The Morgan fingerprint density at radius 3 is 2.71 bits per heavy atom. The minimum Gasteiger partial charge on any atom is -0.493 e. The van der Waals surface area contributed by atoms with Crippen molar-refractivity contribution in [1.29, 1.82) is 0 Å². The number of benzene rings is 2. The lowest BCUT2D eigenvalue weighted by Gasteiger charge is -2.22. The Morgan fingerprint density at radius 1 is 1.17 bits per heavy atom. The van der Waals surface area contributed by atoms with E-state index in [9.17, 15) is 13.6 Å². The highest BCUT2D eigenvalue weighted by Gasteiger charge is 2.30. The quantitative estimate of drug-likeness (QED) is 0.107. The van der Waals surface area contributed by atoms with Gasteiger partial charge in [-0.15, -0.1) is 23.2 Å². The summed E-state index contributed by atoms with van der Waals surface area (Å²) in [4.78, 5) is 21.7. The van der Waals surface area contributed by atoms with Gasteiger partial charge in [-0.2, -0.15) is 5.10 Å². The maximum atomic E-state index is 14.3. The number of amides is 1. The van der Waals surface area contributed by atoms with Crippen LogP contribution in [-0.2, 0) is 4.79 Å². The molecule has 0 radical (unpaired) electrons. The lowest BCUT2D eigenvalue weighted by atomic mass is 10.1. The SMILES string of the molecule is CC(C)Oc1cc(OCCCCl)cc2ncnc(Nc3cnn(C(C(=O)Nc4cccc(F)c4F)C(Br)CCCl)c3)c12. The fourth-order valence-electron chi connectivity index (χ4n) is 4.11. The van der Waals surface area contributed by atoms with Crippen LogP contribution in [0.2, 0.25) is 0 Å². The van der Waals surface area contributed by atoms with Crippen LogP contribution in [-0.4, -0.2) is 55.0 Å². The molecule has 4 aromatic rings. The lowest BCUT2D eigenvalue weighted by molar-refractivity contribution is -0.119. The average Bonchev–Trinajstić information content (AvgIpc) is 3.39. The van der Waals surface area contributed by atoms with E-state index >= 15 is 0 Å². The molecule has 0 saturated heterocycles. The van der Waals surface area contributed by atoms with Crippen LogP contribution in [0, 0.1) is 11.6 Å². The summed E-state index contributed by atoms with van der Waals surface area (Å²) in [6.07, 6.45) is 5.49. The van der Waals surface area contributed by atoms with Crippen LogP contribution in [0.5, 0.6) is 11.5 Å². The minimum absolute atomic E-state index is 0.137. The number of aromatic nitrogens is 4. The molecule has 0 fully saturated rings. The highest BCUT2D eigenvalue weighted by Crippen LogP contribution is 2.36. The molecule has 0 saturated carbocycles. The second-order valence-electron chi connectivity index (χ2n) is 9.46. The number of anilines is 3. The number of hydrogen-bond acceptors (Lipinski definition) is 7. The fourth-order valence-corrected chi connectivity index (χ4v) is 5.43. The molecule has 224 valence electrons. The van der Waals surface area contributed by atoms with E-state index in [1.807, 2.05) is 13.8 Å². The summed E-state index contributed by atoms with van der Waals surface area (Å²) in [6, 6.07) is 6.18. The van der Waals surface area contributed by atoms with Gasteiger partial charge in [-0.25, -0.2) is 18.7 Å². The zero-order valence-corrected chi connectivity index (χ0v) is 25.9. The van der Waals surface area contributed by atoms with Crippen LogP contribution < -0.4 is 20.1 Å². The van der Waals surface area contributed by atoms with Crippen molar-refractivity contribution >= 4 is 73.1 Å². The second kappa shape index (κ2) is 14.8. The Kier molecular flexibility index (Phi) is 11.2. The van der Waals surface area contributed by atoms with Gasteiger partial charge in [0.05, 0.1) is 41.2 Å². The molecule has 1 amide bonds. The van der Waals surface area contributed by atoms with E-state index in [-0.39, 0.29) is 17.7 Å². The van der Waals surface area contributed by atoms with E-state index in [0.29, 0.717) is 59.2 Å². The van der Waals surface area contributed by atoms with Gasteiger partial charge in [-0.05, 0) is 38.8 Å². The lowest BCUT2D eigenvalue weighted by Crippen LogP contribution is -2.33. The van der Waals surface area contributed by atoms with Crippen molar-refractivity contribution in [3.8, 4) is 11.5 Å². The standard InChI is InChI=1S/C28H29BrCl2F2N6O3/c1-16(2)42-23-12-18(41-10-4-8-30)11-22-24(23)27(35-15-34-22)37-17-13-36-39(14-17)26(19(29)7-9-31)28(40)38-21-6-3-5-20(32)25(21)33/h3,5-6,11-16,19,26H,4,7-10H2,1-2H3,(H,38,40)(H,34,35,37). The van der Waals surface area contributed by atoms with Crippen LogP contribution in [0.3, 0.4) is 0 Å². The number of carbonyl (C=O) groups is 1. The number of rotatable bonds is 14. The monoisotopic (exact) mass is 684 g/mol. The van der Waals surface area contributed by atoms with Gasteiger partial charge >= 0.3 is 0 Å². The number of ether oxygens (including phenoxy) is 2. The first-order valence-corrected chi connectivity index (χ1v) is 15.1. The van der Waals surface area contributed by atoms with Gasteiger partial charge in [0.15, 0.2) is 11.6 Å². The van der Waals surface area contributed by atoms with Crippen molar-refractivity contribution in [2.75, 3.05) is 29.0 Å². The number of hydrogen-bond donors (Lipinski definition) is 2. The number of nitrogens with one attached hydrogen (secondary N) is 2. The molecule has 0 aliphatic rings. The summed E-state index contributed by atoms with van der Waals surface area (Å²) < 4.78 is 41.3. The number of alkyl halides is 3. The van der Waals surface area contributed by atoms with Crippen molar-refractivity contribution in [2.24, 2.45) is 0 Å². The Labute approximate surface area is 260 Å². The number of fused-ring (bicyclic) bond motifs is 1. The molecule has 2 heterocycles. The highest BCUT2D eigenvalue weighted by atomic mass is 79.9. The topological polar surface area (TPSA) is 103 Å². The normalized spacial score (nSPS) is 12.8. The molecule has 2 aromatic heterocycles. The summed E-state index contributed by atoms with van der Waals surface area (Å²) in [5.74, 6) is -0.536. The van der Waals surface area contributed by atoms with Gasteiger partial charge in [-0.1, -0.05) is 22.0 Å². The number of nitrogens with zero attached hydrogens (tertiary/aromatic N) is 4. The third-order valence-electron chi connectivity index (χ3n) is 5.94. The Bertz CT molecular complexity index is 1530. The third kappa shape index (κ3) is 7.78. The number of carbonyl (C=O) groups excluding carboxylic acids is 1. The zero-order valence-electron chi connectivity index (χ0n) is 22.8. The maximum Gasteiger partial charge on any atom is 0.250 e. The zero-order chi connectivity index (χ0) is 30.2. The van der Waals surface area contributed by atoms with Gasteiger partial charge in [0.25, 0.3) is 0 Å². The molecule has 2 atom stereocenters. The Balaban J connectivity index is 1.64. The van der Waals surface area contributed by atoms with E-state index < -0.39 is 28.4 Å². The molecule has 2 aromatic carbocycles. The van der Waals surface area contributed by atoms with Crippen LogP contribution in [0.25, 0.3) is 10.9 Å². The predicted molar refractivity (Wildman–Crippen MR) is 164 cm³/mol. The van der Waals surface area contributed by atoms with Gasteiger partial charge in [0, 0.05) is 34.9 Å². The van der Waals surface area contributed by atoms with Crippen molar-refractivity contribution in [3.05, 3.63) is 60.7 Å². The molecule has 0 aliphatic heterocycles. The number of halogens is 5. The van der Waals surface area contributed by atoms with E-state index in [0.717, 1.165) is 6.07 Å². The van der Waals surface area contributed by atoms with Crippen molar-refractivity contribution < 1.29 is 23.0 Å². The van der Waals surface area contributed by atoms with E-state index in [2.05, 4.69) is 41.6 Å². The molecule has 0 spiro atoms. The second-order valence-corrected chi connectivity index (χ2v) is 11.4. The molecular formula is C28H29BrCl2F2N6O3. The summed E-state index contributed by atoms with van der Waals surface area (Å²) in [5, 5.41) is 10.7. The minimum atomic E-state index is -1.15. The Morgan fingerprint density at radius 2 is 1.98 bits per heavy atom. The molecule has 9 nitrogen and oxygen atoms in total. The molecule has 42 heavy (non-hydrogen) atoms. The van der Waals surface area contributed by atoms with Crippen molar-refractivity contribution in [1.82, 2.24) is 19.7 Å². The third-order valence-corrected chi connectivity index (χ3v) is 7.38. The van der Waals surface area contributed by atoms with E-state index in [4.69, 9.17) is 32.7 Å². The maximum absolute atomic E-state index is 14.3. The first-order chi connectivity index (χ1) is 20.2. The molecule has 14 heteroatoms. The van der Waals surface area contributed by atoms with Gasteiger partial charge < -0.3 is 20.1 Å². The molecule has 2 N–H and O–H groups in total. The summed E-state index contributed by atoms with van der Waals surface area (Å²) >= 11 is 15.2. The molecule has 0 bridgehead atoms. The van der Waals surface area contributed by atoms with E-state index in [1.165, 1.54) is 29.3 Å². The summed E-state index contributed by atoms with van der Waals surface area (Å²) in [5.41, 5.74) is 0.821. The summed E-state index contributed by atoms with van der Waals surface area (Å²) in [6.45, 7) is 4.27. The largest absolute Gasteiger partial charge is 0.493 e. The predicted octanol–water partition coefficient (Wildman–Crippen LogP) is 7.22. The van der Waals surface area contributed by atoms with E-state index in [1.54, 1.807) is 18.3 Å². The first kappa shape index (κ1) is 31.7. The van der Waals surface area contributed by atoms with Gasteiger partial charge in [0.1, 0.15) is 29.7 Å². The van der Waals surface area contributed by atoms with Gasteiger partial charge in [0.2, 0.25) is 5.91 Å². The van der Waals surface area contributed by atoms with Crippen LogP contribution in [0.4, 0.5) is 26.0 Å². The van der Waals surface area contributed by atoms with Crippen molar-refractivity contribution in [2.45, 2.75) is 43.7 Å². The fraction of sp³-hybridized carbons (Fsp3) is 0.357. The molecule has 4 rings (SSSR count). The summed E-state index contributed by atoms with van der Waals surface area (Å²) in [7, 11) is 0. The first-order valence-electron chi connectivity index (χ1n) is 13.1. The molecular weight excluding hydrogens is 657 g/mol. The average molecular weight is 686 g/mol. The van der Waals surface area contributed by atoms with Crippen LogP contribution >= 0.6 is 39.1 Å².